The molecule has 0 spiro atoms. The number of fused-ring (bicyclic) bond motifs is 6. The number of ketones is 6. The first-order valence-corrected chi connectivity index (χ1v) is 27.6. The summed E-state index contributed by atoms with van der Waals surface area (Å²) in [5.74, 6) is -7.00. The van der Waals surface area contributed by atoms with E-state index in [9.17, 15) is 69.6 Å². The van der Waals surface area contributed by atoms with E-state index in [2.05, 4.69) is 10.6 Å². The highest BCUT2D eigenvalue weighted by Crippen LogP contribution is 2.55. The Morgan fingerprint density at radius 3 is 1.25 bits per heavy atom. The fraction of sp³-hybridized carbons (Fsp3) is 0.419. The molecule has 22 nitrogen and oxygen atoms in total. The highest BCUT2D eigenvalue weighted by Gasteiger charge is 2.52. The van der Waals surface area contributed by atoms with Crippen molar-refractivity contribution in [3.8, 4) is 34.5 Å². The number of aliphatic hydroxyl groups is 4. The van der Waals surface area contributed by atoms with Gasteiger partial charge in [0.2, 0.25) is 11.6 Å². The number of phenols is 4. The summed E-state index contributed by atoms with van der Waals surface area (Å²) < 4.78 is 35.9. The van der Waals surface area contributed by atoms with Crippen molar-refractivity contribution < 1.29 is 98.0 Å². The molecular weight excluding hydrogens is 1090 g/mol. The highest BCUT2D eigenvalue weighted by atomic mass is 16.7. The number of rotatable bonds is 14. The second kappa shape index (κ2) is 21.9. The van der Waals surface area contributed by atoms with Crippen LogP contribution in [0.4, 0.5) is 0 Å². The molecule has 0 radical (unpaired) electrons. The van der Waals surface area contributed by atoms with Crippen molar-refractivity contribution in [3.05, 3.63) is 139 Å². The number of benzene rings is 5. The Bertz CT molecular complexity index is 3370. The molecule has 2 aliphatic heterocycles. The van der Waals surface area contributed by atoms with Gasteiger partial charge in [0, 0.05) is 97.1 Å². The highest BCUT2D eigenvalue weighted by molar-refractivity contribution is 6.32. The Kier molecular flexibility index (Phi) is 15.2. The van der Waals surface area contributed by atoms with Gasteiger partial charge >= 0.3 is 0 Å². The molecule has 22 heteroatoms. The number of ether oxygens (including phenoxy) is 6. The third kappa shape index (κ3) is 9.63. The lowest BCUT2D eigenvalue weighted by atomic mass is 9.72. The minimum absolute atomic E-state index is 0.0237. The summed E-state index contributed by atoms with van der Waals surface area (Å²) in [4.78, 5) is 82.2. The van der Waals surface area contributed by atoms with Crippen LogP contribution in [0.2, 0.25) is 0 Å². The average Bonchev–Trinajstić information content (AvgIpc) is 1.06. The van der Waals surface area contributed by atoms with Crippen LogP contribution >= 0.6 is 0 Å². The number of carbonyl (C=O) groups is 6. The molecule has 2 fully saturated rings. The molecule has 0 saturated carbocycles. The maximum absolute atomic E-state index is 14.1. The van der Waals surface area contributed by atoms with E-state index in [1.165, 1.54) is 50.6 Å². The summed E-state index contributed by atoms with van der Waals surface area (Å²) in [6, 6.07) is 14.9. The Hall–Kier alpha value is -7.48. The predicted octanol–water partition coefficient (Wildman–Crippen LogP) is 4.03. The summed E-state index contributed by atoms with van der Waals surface area (Å²) in [6.45, 7) is 6.11. The average molecular weight is 1160 g/mol. The standard InChI is InChI=1S/C62H64N2O20/c1-25-51(67)35(17-41(81-25)83-39-21-61(77,27(3)65)19-33-45(39)59(75)49-47(55(33)71)53(69)31-9-7-11-37(79-5)43(31)57(49)73)63-23-29-13-15-30(16-14-29)24-64-36-18-42(82-26(2)52(36)68)84-40-22-62(78,28(4)66)20-34-46(40)60(76)50-48(56(34)72)54(70)32-10-8-12-38(80-6)44(32)58(50)74/h7-16,25-26,35-36,39-42,51-52,63-64,67-68,71-72,75-78H,17-24H2,1-6H3. The number of hydrogen-bond acceptors (Lipinski definition) is 22. The number of phenolic OH excluding ortho intramolecular Hbond substituents is 4. The summed E-state index contributed by atoms with van der Waals surface area (Å²) in [5, 5.41) is 100. The monoisotopic (exact) mass is 1160 g/mol. The zero-order chi connectivity index (χ0) is 60.2. The largest absolute Gasteiger partial charge is 0.507 e. The zero-order valence-electron chi connectivity index (χ0n) is 46.7. The van der Waals surface area contributed by atoms with Gasteiger partial charge in [-0.1, -0.05) is 48.5 Å². The van der Waals surface area contributed by atoms with Gasteiger partial charge in [-0.3, -0.25) is 28.8 Å². The van der Waals surface area contributed by atoms with Crippen LogP contribution in [0, 0.1) is 0 Å². The molecule has 12 atom stereocenters. The van der Waals surface area contributed by atoms with Gasteiger partial charge < -0.3 is 79.9 Å². The zero-order valence-corrected chi connectivity index (χ0v) is 46.7. The molecule has 5 aromatic rings. The molecule has 5 aromatic carbocycles. The lowest BCUT2D eigenvalue weighted by molar-refractivity contribution is -0.250. The van der Waals surface area contributed by atoms with Crippen LogP contribution in [0.25, 0.3) is 0 Å². The fourth-order valence-electron chi connectivity index (χ4n) is 12.9. The summed E-state index contributed by atoms with van der Waals surface area (Å²) >= 11 is 0. The van der Waals surface area contributed by atoms with Gasteiger partial charge in [0.15, 0.2) is 35.7 Å². The van der Waals surface area contributed by atoms with Crippen molar-refractivity contribution in [1.82, 2.24) is 10.6 Å². The van der Waals surface area contributed by atoms with Crippen LogP contribution in [0.5, 0.6) is 34.5 Å². The molecule has 12 unspecified atom stereocenters. The SMILES string of the molecule is COc1cccc2c1C(=O)c1c(O)c3c(c(O)c1C2=O)CC(O)(C(C)=O)CC3OC1CC(NCc2ccc(CNC3CC(OC4CC(O)(C(C)=O)Cc5c(O)c6c(c(O)c54)C(=O)c4c(OC)cccc4C6=O)OC(C)C3O)cc2)C(O)C(C)O1. The number of nitrogens with one attached hydrogen (secondary N) is 2. The van der Waals surface area contributed by atoms with Gasteiger partial charge in [-0.25, -0.2) is 0 Å². The second-order valence-corrected chi connectivity index (χ2v) is 22.7. The van der Waals surface area contributed by atoms with Gasteiger partial charge in [0.25, 0.3) is 0 Å². The maximum atomic E-state index is 14.1. The third-order valence-corrected chi connectivity index (χ3v) is 17.7. The van der Waals surface area contributed by atoms with Crippen molar-refractivity contribution >= 4 is 34.7 Å². The molecule has 2 saturated heterocycles. The van der Waals surface area contributed by atoms with Crippen LogP contribution in [-0.4, -0.2) is 150 Å². The van der Waals surface area contributed by atoms with E-state index in [1.807, 2.05) is 24.3 Å². The Morgan fingerprint density at radius 1 is 0.548 bits per heavy atom. The summed E-state index contributed by atoms with van der Waals surface area (Å²) in [6.07, 6.45) is -10.5. The van der Waals surface area contributed by atoms with Crippen molar-refractivity contribution in [2.45, 2.75) is 152 Å². The topological polar surface area (TPSA) is 344 Å². The first-order valence-electron chi connectivity index (χ1n) is 27.6. The molecule has 0 amide bonds. The van der Waals surface area contributed by atoms with Gasteiger partial charge in [0.1, 0.15) is 45.7 Å². The number of Topliss-reactive ketones (excluding diaryl/α,β-unsaturated/α-hetero) is 2. The van der Waals surface area contributed by atoms with Crippen LogP contribution in [-0.2, 0) is 54.5 Å². The number of carbonyl (C=O) groups excluding carboxylic acids is 6. The third-order valence-electron chi connectivity index (χ3n) is 17.7. The Balaban J connectivity index is 0.763. The van der Waals surface area contributed by atoms with Crippen molar-refractivity contribution in [2.75, 3.05) is 14.2 Å². The van der Waals surface area contributed by atoms with Crippen molar-refractivity contribution in [2.24, 2.45) is 0 Å². The minimum Gasteiger partial charge on any atom is -0.507 e. The van der Waals surface area contributed by atoms with Crippen LogP contribution in [0.1, 0.15) is 163 Å². The Morgan fingerprint density at radius 2 is 0.905 bits per heavy atom. The fourth-order valence-corrected chi connectivity index (χ4v) is 12.9. The number of hydrogen-bond donors (Lipinski definition) is 10. The molecule has 4 aliphatic carbocycles. The first-order chi connectivity index (χ1) is 39.9. The van der Waals surface area contributed by atoms with Gasteiger partial charge in [-0.2, -0.15) is 0 Å². The predicted molar refractivity (Wildman–Crippen MR) is 292 cm³/mol. The Labute approximate surface area is 480 Å². The first kappa shape index (κ1) is 58.3. The van der Waals surface area contributed by atoms with E-state index in [4.69, 9.17) is 28.4 Å². The summed E-state index contributed by atoms with van der Waals surface area (Å²) in [5.41, 5.74) is -5.35. The minimum atomic E-state index is -2.12. The van der Waals surface area contributed by atoms with E-state index in [1.54, 1.807) is 13.8 Å². The van der Waals surface area contributed by atoms with E-state index >= 15 is 0 Å². The smallest absolute Gasteiger partial charge is 0.202 e. The van der Waals surface area contributed by atoms with Gasteiger partial charge in [0.05, 0.1) is 84.2 Å². The van der Waals surface area contributed by atoms with E-state index in [0.717, 1.165) is 25.0 Å². The second-order valence-electron chi connectivity index (χ2n) is 22.7. The number of methoxy groups -OCH3 is 2. The number of aliphatic hydroxyl groups excluding tert-OH is 2. The van der Waals surface area contributed by atoms with Gasteiger partial charge in [-0.05, 0) is 51.0 Å². The maximum Gasteiger partial charge on any atom is 0.202 e. The van der Waals surface area contributed by atoms with Crippen molar-refractivity contribution in [1.29, 1.82) is 0 Å². The summed E-state index contributed by atoms with van der Waals surface area (Å²) in [7, 11) is 2.65. The van der Waals surface area contributed by atoms with Crippen LogP contribution in [0.3, 0.4) is 0 Å². The number of aromatic hydroxyl groups is 4. The molecule has 84 heavy (non-hydrogen) atoms. The molecule has 11 rings (SSSR count). The van der Waals surface area contributed by atoms with E-state index < -0.39 is 178 Å². The molecule has 0 aromatic heterocycles. The molecule has 2 heterocycles. The van der Waals surface area contributed by atoms with Crippen molar-refractivity contribution in [3.63, 3.8) is 0 Å². The molecule has 0 bridgehead atoms. The molecule has 10 N–H and O–H groups in total. The quantitative estimate of drug-likeness (QED) is 0.0687. The van der Waals surface area contributed by atoms with E-state index in [0.29, 0.717) is 0 Å². The van der Waals surface area contributed by atoms with E-state index in [-0.39, 0.29) is 81.9 Å². The molecule has 442 valence electrons. The van der Waals surface area contributed by atoms with Gasteiger partial charge in [-0.15, -0.1) is 0 Å². The lowest BCUT2D eigenvalue weighted by Crippen LogP contribution is -2.54. The van der Waals surface area contributed by atoms with Crippen LogP contribution in [0.15, 0.2) is 60.7 Å². The lowest BCUT2D eigenvalue weighted by Gasteiger charge is -2.43. The normalized spacial score (nSPS) is 28.7. The molecule has 6 aliphatic rings. The molecular formula is C62H64N2O20. The van der Waals surface area contributed by atoms with Crippen LogP contribution < -0.4 is 20.1 Å².